The fourth-order valence-corrected chi connectivity index (χ4v) is 2.62. The Bertz CT molecular complexity index is 1000. The Morgan fingerprint density at radius 3 is 2.44 bits per heavy atom. The zero-order chi connectivity index (χ0) is 19.4. The summed E-state index contributed by atoms with van der Waals surface area (Å²) in [7, 11) is 0. The number of halogens is 1. The molecule has 0 aromatic heterocycles. The highest BCUT2D eigenvalue weighted by Crippen LogP contribution is 2.26. The molecule has 6 nitrogen and oxygen atoms in total. The molecule has 3 aromatic carbocycles. The fourth-order valence-electron chi connectivity index (χ4n) is 2.42. The molecule has 1 N–H and O–H groups in total. The number of nitrogens with one attached hydrogen (secondary N) is 1. The van der Waals surface area contributed by atoms with Crippen LogP contribution in [0.1, 0.15) is 15.9 Å². The zero-order valence-corrected chi connectivity index (χ0v) is 15.1. The Hall–Kier alpha value is -3.38. The molecular weight excluding hydrogens is 368 g/mol. The predicted molar refractivity (Wildman–Crippen MR) is 104 cm³/mol. The highest BCUT2D eigenvalue weighted by molar-refractivity contribution is 6.34. The summed E-state index contributed by atoms with van der Waals surface area (Å²) in [5, 5.41) is 13.7. The van der Waals surface area contributed by atoms with E-state index in [4.69, 9.17) is 16.3 Å². The highest BCUT2D eigenvalue weighted by atomic mass is 35.5. The van der Waals surface area contributed by atoms with Crippen molar-refractivity contribution in [3.05, 3.63) is 93.0 Å². The number of nitrogens with zero attached hydrogens (tertiary/aromatic N) is 1. The first-order valence-corrected chi connectivity index (χ1v) is 8.40. The van der Waals surface area contributed by atoms with E-state index in [0.29, 0.717) is 11.4 Å². The monoisotopic (exact) mass is 382 g/mol. The summed E-state index contributed by atoms with van der Waals surface area (Å²) in [6.45, 7) is 1.98. The van der Waals surface area contributed by atoms with Crippen LogP contribution < -0.4 is 10.1 Å². The van der Waals surface area contributed by atoms with E-state index >= 15 is 0 Å². The average molecular weight is 383 g/mol. The van der Waals surface area contributed by atoms with Gasteiger partial charge in [0.05, 0.1) is 15.5 Å². The number of amides is 1. The third-order valence-corrected chi connectivity index (χ3v) is 4.07. The predicted octanol–water partition coefficient (Wildman–Crippen LogP) is 5.60. The summed E-state index contributed by atoms with van der Waals surface area (Å²) >= 11 is 5.99. The van der Waals surface area contributed by atoms with Gasteiger partial charge in [-0.05, 0) is 55.0 Å². The molecule has 27 heavy (non-hydrogen) atoms. The van der Waals surface area contributed by atoms with Crippen LogP contribution in [0.2, 0.25) is 5.02 Å². The second-order valence-electron chi connectivity index (χ2n) is 5.82. The van der Waals surface area contributed by atoms with Crippen LogP contribution in [0.5, 0.6) is 11.5 Å². The molecule has 0 spiro atoms. The Morgan fingerprint density at radius 2 is 1.78 bits per heavy atom. The number of carbonyl (C=O) groups is 1. The fraction of sp³-hybridized carbons (Fsp3) is 0.0500. The number of hydrogen-bond donors (Lipinski definition) is 1. The summed E-state index contributed by atoms with van der Waals surface area (Å²) in [4.78, 5) is 22.7. The summed E-state index contributed by atoms with van der Waals surface area (Å²) in [5.41, 5.74) is 1.43. The topological polar surface area (TPSA) is 81.5 Å². The standard InChI is InChI=1S/C20H15ClN2O4/c1-13-3-2-4-17(11-13)27-16-8-5-14(6-9-16)22-20(24)18-12-15(23(25)26)7-10-19(18)21/h2-12H,1H3,(H,22,24). The molecule has 0 aliphatic heterocycles. The van der Waals surface area contributed by atoms with Crippen LogP contribution in [0.25, 0.3) is 0 Å². The van der Waals surface area contributed by atoms with E-state index in [1.807, 2.05) is 31.2 Å². The second-order valence-corrected chi connectivity index (χ2v) is 6.23. The van der Waals surface area contributed by atoms with E-state index in [0.717, 1.165) is 17.4 Å². The lowest BCUT2D eigenvalue weighted by molar-refractivity contribution is -0.384. The number of nitro benzene ring substituents is 1. The van der Waals surface area contributed by atoms with E-state index < -0.39 is 10.8 Å². The highest BCUT2D eigenvalue weighted by Gasteiger charge is 2.16. The summed E-state index contributed by atoms with van der Waals surface area (Å²) < 4.78 is 5.76. The minimum Gasteiger partial charge on any atom is -0.457 e. The van der Waals surface area contributed by atoms with Gasteiger partial charge in [-0.2, -0.15) is 0 Å². The lowest BCUT2D eigenvalue weighted by atomic mass is 10.2. The van der Waals surface area contributed by atoms with Gasteiger partial charge in [-0.1, -0.05) is 23.7 Å². The molecule has 0 fully saturated rings. The normalized spacial score (nSPS) is 10.3. The molecule has 3 rings (SSSR count). The van der Waals surface area contributed by atoms with Gasteiger partial charge in [-0.15, -0.1) is 0 Å². The van der Waals surface area contributed by atoms with Crippen molar-refractivity contribution < 1.29 is 14.5 Å². The van der Waals surface area contributed by atoms with Crippen LogP contribution in [0.15, 0.2) is 66.7 Å². The summed E-state index contributed by atoms with van der Waals surface area (Å²) in [6, 6.07) is 18.2. The van der Waals surface area contributed by atoms with Gasteiger partial charge in [-0.25, -0.2) is 0 Å². The van der Waals surface area contributed by atoms with Crippen molar-refractivity contribution in [3.63, 3.8) is 0 Å². The lowest BCUT2D eigenvalue weighted by Crippen LogP contribution is -2.12. The number of ether oxygens (including phenoxy) is 1. The number of non-ortho nitro benzene ring substituents is 1. The van der Waals surface area contributed by atoms with Crippen LogP contribution >= 0.6 is 11.6 Å². The smallest absolute Gasteiger partial charge is 0.270 e. The number of anilines is 1. The molecule has 0 saturated heterocycles. The molecule has 1 amide bonds. The van der Waals surface area contributed by atoms with Crippen molar-refractivity contribution in [1.82, 2.24) is 0 Å². The van der Waals surface area contributed by atoms with Crippen molar-refractivity contribution in [2.45, 2.75) is 6.92 Å². The molecular formula is C20H15ClN2O4. The zero-order valence-electron chi connectivity index (χ0n) is 14.3. The van der Waals surface area contributed by atoms with Gasteiger partial charge in [-0.3, -0.25) is 14.9 Å². The van der Waals surface area contributed by atoms with Gasteiger partial charge >= 0.3 is 0 Å². The Morgan fingerprint density at radius 1 is 1.04 bits per heavy atom. The largest absolute Gasteiger partial charge is 0.457 e. The summed E-state index contributed by atoms with van der Waals surface area (Å²) in [5.74, 6) is 0.804. The molecule has 0 saturated carbocycles. The summed E-state index contributed by atoms with van der Waals surface area (Å²) in [6.07, 6.45) is 0. The number of nitro groups is 1. The van der Waals surface area contributed by atoms with Crippen LogP contribution in [-0.4, -0.2) is 10.8 Å². The minimum absolute atomic E-state index is 0.0333. The molecule has 7 heteroatoms. The molecule has 0 aliphatic carbocycles. The van der Waals surface area contributed by atoms with Gasteiger partial charge in [0.2, 0.25) is 0 Å². The average Bonchev–Trinajstić information content (AvgIpc) is 2.63. The first kappa shape index (κ1) is 18.4. The first-order chi connectivity index (χ1) is 12.9. The van der Waals surface area contributed by atoms with Crippen molar-refractivity contribution in [1.29, 1.82) is 0 Å². The number of carbonyl (C=O) groups excluding carboxylic acids is 1. The number of benzene rings is 3. The van der Waals surface area contributed by atoms with Crippen LogP contribution in [-0.2, 0) is 0 Å². The van der Waals surface area contributed by atoms with E-state index in [1.165, 1.54) is 12.1 Å². The van der Waals surface area contributed by atoms with Crippen molar-refractivity contribution in [2.24, 2.45) is 0 Å². The van der Waals surface area contributed by atoms with Gasteiger partial charge in [0, 0.05) is 17.8 Å². The minimum atomic E-state index is -0.579. The van der Waals surface area contributed by atoms with Crippen LogP contribution in [0.4, 0.5) is 11.4 Å². The Labute approximate surface area is 160 Å². The van der Waals surface area contributed by atoms with E-state index in [9.17, 15) is 14.9 Å². The van der Waals surface area contributed by atoms with Crippen LogP contribution in [0.3, 0.4) is 0 Å². The Kier molecular flexibility index (Phi) is 5.38. The SMILES string of the molecule is Cc1cccc(Oc2ccc(NC(=O)c3cc([N+](=O)[O-])ccc3Cl)cc2)c1. The van der Waals surface area contributed by atoms with Gasteiger partial charge < -0.3 is 10.1 Å². The van der Waals surface area contributed by atoms with Gasteiger partial charge in [0.15, 0.2) is 0 Å². The number of aryl methyl sites for hydroxylation is 1. The van der Waals surface area contributed by atoms with E-state index in [1.54, 1.807) is 24.3 Å². The first-order valence-electron chi connectivity index (χ1n) is 8.02. The molecule has 0 heterocycles. The molecule has 136 valence electrons. The second kappa shape index (κ2) is 7.88. The molecule has 0 atom stereocenters. The third-order valence-electron chi connectivity index (χ3n) is 3.74. The number of hydrogen-bond acceptors (Lipinski definition) is 4. The van der Waals surface area contributed by atoms with Crippen LogP contribution in [0, 0.1) is 17.0 Å². The van der Waals surface area contributed by atoms with Crippen molar-refractivity contribution in [3.8, 4) is 11.5 Å². The maximum absolute atomic E-state index is 12.4. The lowest BCUT2D eigenvalue weighted by Gasteiger charge is -2.09. The van der Waals surface area contributed by atoms with Crippen molar-refractivity contribution in [2.75, 3.05) is 5.32 Å². The molecule has 0 bridgehead atoms. The molecule has 0 aliphatic rings. The maximum Gasteiger partial charge on any atom is 0.270 e. The molecule has 0 unspecified atom stereocenters. The number of rotatable bonds is 5. The molecule has 0 radical (unpaired) electrons. The Balaban J connectivity index is 1.72. The van der Waals surface area contributed by atoms with E-state index in [-0.39, 0.29) is 16.3 Å². The van der Waals surface area contributed by atoms with E-state index in [2.05, 4.69) is 5.32 Å². The van der Waals surface area contributed by atoms with Gasteiger partial charge in [0.25, 0.3) is 11.6 Å². The molecule has 3 aromatic rings. The third kappa shape index (κ3) is 4.62. The quantitative estimate of drug-likeness (QED) is 0.460. The van der Waals surface area contributed by atoms with Gasteiger partial charge in [0.1, 0.15) is 11.5 Å². The maximum atomic E-state index is 12.4. The van der Waals surface area contributed by atoms with Crippen molar-refractivity contribution >= 4 is 28.9 Å².